The Bertz CT molecular complexity index is 851. The number of aryl methyl sites for hydroxylation is 1. The van der Waals surface area contributed by atoms with E-state index in [0.717, 1.165) is 12.3 Å². The first-order chi connectivity index (χ1) is 11.7. The molecule has 0 N–H and O–H groups in total. The normalized spacial score (nSPS) is 11.3. The number of rotatable bonds is 5. The molecule has 0 unspecified atom stereocenters. The second-order valence-corrected chi connectivity index (χ2v) is 6.49. The van der Waals surface area contributed by atoms with E-state index in [9.17, 15) is 0 Å². The van der Waals surface area contributed by atoms with E-state index in [1.807, 2.05) is 0 Å². The third kappa shape index (κ3) is 3.62. The van der Waals surface area contributed by atoms with Gasteiger partial charge >= 0.3 is 0 Å². The average Bonchev–Trinajstić information content (AvgIpc) is 2.61. The van der Waals surface area contributed by atoms with Crippen LogP contribution in [-0.2, 0) is 6.54 Å². The number of fused-ring (bicyclic) bond motifs is 1. The number of hydrogen-bond donors (Lipinski definition) is 1. The van der Waals surface area contributed by atoms with Crippen molar-refractivity contribution in [3.05, 3.63) is 72.1 Å². The number of benzene rings is 2. The molecule has 0 bridgehead atoms. The summed E-state index contributed by atoms with van der Waals surface area (Å²) in [7, 11) is 4.17. The smallest absolute Gasteiger partial charge is 0.169 e. The first kappa shape index (κ1) is 16.6. The van der Waals surface area contributed by atoms with E-state index in [0.29, 0.717) is 0 Å². The van der Waals surface area contributed by atoms with E-state index >= 15 is 0 Å². The van der Waals surface area contributed by atoms with Crippen molar-refractivity contribution in [1.29, 1.82) is 0 Å². The SMILES string of the molecule is CN(C)c1ccc(/C=C/c2cc[n+](CCS)cc2)c2ccccc12. The molecule has 0 aliphatic heterocycles. The molecule has 2 aromatic carbocycles. The molecule has 3 heteroatoms. The second-order valence-electron chi connectivity index (χ2n) is 6.04. The summed E-state index contributed by atoms with van der Waals surface area (Å²) in [6.07, 6.45) is 8.56. The topological polar surface area (TPSA) is 7.12 Å². The van der Waals surface area contributed by atoms with Crippen molar-refractivity contribution < 1.29 is 4.57 Å². The van der Waals surface area contributed by atoms with Crippen LogP contribution in [0.1, 0.15) is 11.1 Å². The first-order valence-corrected chi connectivity index (χ1v) is 8.79. The van der Waals surface area contributed by atoms with Gasteiger partial charge < -0.3 is 4.90 Å². The molecule has 122 valence electrons. The van der Waals surface area contributed by atoms with Crippen molar-refractivity contribution in [1.82, 2.24) is 0 Å². The molecule has 0 atom stereocenters. The summed E-state index contributed by atoms with van der Waals surface area (Å²) in [5, 5.41) is 2.56. The van der Waals surface area contributed by atoms with Crippen LogP contribution in [-0.4, -0.2) is 19.8 Å². The highest BCUT2D eigenvalue weighted by Crippen LogP contribution is 2.29. The lowest BCUT2D eigenvalue weighted by Crippen LogP contribution is -2.33. The number of aromatic nitrogens is 1. The van der Waals surface area contributed by atoms with Gasteiger partial charge in [-0.25, -0.2) is 4.57 Å². The summed E-state index contributed by atoms with van der Waals surface area (Å²) in [6.45, 7) is 0.934. The van der Waals surface area contributed by atoms with Gasteiger partial charge in [-0.2, -0.15) is 12.6 Å². The molecule has 0 fully saturated rings. The van der Waals surface area contributed by atoms with E-state index in [1.165, 1.54) is 27.6 Å². The van der Waals surface area contributed by atoms with E-state index < -0.39 is 0 Å². The van der Waals surface area contributed by atoms with Crippen molar-refractivity contribution in [3.63, 3.8) is 0 Å². The molecular weight excluding hydrogens is 312 g/mol. The summed E-state index contributed by atoms with van der Waals surface area (Å²) < 4.78 is 2.14. The lowest BCUT2D eigenvalue weighted by Gasteiger charge is -2.16. The van der Waals surface area contributed by atoms with Crippen LogP contribution in [0.4, 0.5) is 5.69 Å². The lowest BCUT2D eigenvalue weighted by molar-refractivity contribution is -0.692. The molecule has 24 heavy (non-hydrogen) atoms. The molecule has 0 spiro atoms. The Morgan fingerprint density at radius 2 is 1.62 bits per heavy atom. The fraction of sp³-hybridized carbons (Fsp3) is 0.190. The standard InChI is InChI=1S/C21H22N2S/c1-22(2)21-10-9-18(19-5-3-4-6-20(19)21)8-7-17-11-13-23(14-12-17)15-16-24/h3-14H,15-16H2,1-2H3/p+1. The van der Waals surface area contributed by atoms with Crippen LogP contribution >= 0.6 is 12.6 Å². The molecular formula is C21H23N2S+. The third-order valence-corrected chi connectivity index (χ3v) is 4.35. The minimum Gasteiger partial charge on any atom is -0.377 e. The van der Waals surface area contributed by atoms with Crippen LogP contribution in [0.15, 0.2) is 60.9 Å². The number of thiol groups is 1. The monoisotopic (exact) mass is 335 g/mol. The van der Waals surface area contributed by atoms with E-state index in [4.69, 9.17) is 0 Å². The van der Waals surface area contributed by atoms with Crippen molar-refractivity contribution in [2.75, 3.05) is 24.7 Å². The molecule has 2 nitrogen and oxygen atoms in total. The molecule has 1 heterocycles. The zero-order valence-electron chi connectivity index (χ0n) is 14.2. The zero-order valence-corrected chi connectivity index (χ0v) is 15.1. The highest BCUT2D eigenvalue weighted by Gasteiger charge is 2.05. The number of nitrogens with zero attached hydrogens (tertiary/aromatic N) is 2. The molecule has 3 rings (SSSR count). The Balaban J connectivity index is 1.94. The summed E-state index contributed by atoms with van der Waals surface area (Å²) >= 11 is 4.27. The highest BCUT2D eigenvalue weighted by molar-refractivity contribution is 7.80. The Hall–Kier alpha value is -2.26. The van der Waals surface area contributed by atoms with Gasteiger partial charge in [0.05, 0.1) is 0 Å². The predicted molar refractivity (Wildman–Crippen MR) is 108 cm³/mol. The van der Waals surface area contributed by atoms with E-state index in [-0.39, 0.29) is 0 Å². The van der Waals surface area contributed by atoms with Gasteiger partial charge in [-0.15, -0.1) is 0 Å². The van der Waals surface area contributed by atoms with Crippen molar-refractivity contribution in [3.8, 4) is 0 Å². The number of hydrogen-bond acceptors (Lipinski definition) is 2. The third-order valence-electron chi connectivity index (χ3n) is 4.15. The zero-order chi connectivity index (χ0) is 16.9. The first-order valence-electron chi connectivity index (χ1n) is 8.16. The van der Waals surface area contributed by atoms with E-state index in [2.05, 4.69) is 109 Å². The van der Waals surface area contributed by atoms with Gasteiger partial charge in [-0.05, 0) is 22.6 Å². The molecule has 0 saturated carbocycles. The van der Waals surface area contributed by atoms with Crippen molar-refractivity contribution in [2.24, 2.45) is 0 Å². The van der Waals surface area contributed by atoms with Gasteiger partial charge in [0.2, 0.25) is 0 Å². The largest absolute Gasteiger partial charge is 0.377 e. The maximum absolute atomic E-state index is 4.27. The van der Waals surface area contributed by atoms with Crippen molar-refractivity contribution >= 4 is 41.2 Å². The Labute approximate surface area is 149 Å². The lowest BCUT2D eigenvalue weighted by atomic mass is 10.0. The minimum atomic E-state index is 0.851. The predicted octanol–water partition coefficient (Wildman–Crippen LogP) is 4.29. The fourth-order valence-electron chi connectivity index (χ4n) is 2.87. The second kappa shape index (κ2) is 7.54. The van der Waals surface area contributed by atoms with Crippen LogP contribution in [0.25, 0.3) is 22.9 Å². The fourth-order valence-corrected chi connectivity index (χ4v) is 3.10. The number of pyridine rings is 1. The Morgan fingerprint density at radius 1 is 0.917 bits per heavy atom. The maximum atomic E-state index is 4.27. The highest BCUT2D eigenvalue weighted by atomic mass is 32.1. The molecule has 0 amide bonds. The molecule has 3 aromatic rings. The number of anilines is 1. The molecule has 0 saturated heterocycles. The molecule has 1 aromatic heterocycles. The minimum absolute atomic E-state index is 0.851. The summed E-state index contributed by atoms with van der Waals surface area (Å²) in [5.74, 6) is 0.851. The van der Waals surface area contributed by atoms with Gasteiger partial charge in [0.25, 0.3) is 0 Å². The summed E-state index contributed by atoms with van der Waals surface area (Å²) in [5.41, 5.74) is 3.68. The summed E-state index contributed by atoms with van der Waals surface area (Å²) in [4.78, 5) is 2.16. The molecule has 0 radical (unpaired) electrons. The van der Waals surface area contributed by atoms with Crippen LogP contribution < -0.4 is 9.47 Å². The molecule has 0 aliphatic rings. The van der Waals surface area contributed by atoms with Gasteiger partial charge in [0, 0.05) is 43.1 Å². The van der Waals surface area contributed by atoms with Crippen LogP contribution in [0.2, 0.25) is 0 Å². The average molecular weight is 335 g/mol. The maximum Gasteiger partial charge on any atom is 0.169 e. The van der Waals surface area contributed by atoms with Crippen LogP contribution in [0.3, 0.4) is 0 Å². The van der Waals surface area contributed by atoms with Crippen LogP contribution in [0.5, 0.6) is 0 Å². The van der Waals surface area contributed by atoms with Crippen LogP contribution in [0, 0.1) is 0 Å². The Kier molecular flexibility index (Phi) is 5.21. The van der Waals surface area contributed by atoms with Gasteiger partial charge in [0.15, 0.2) is 18.9 Å². The van der Waals surface area contributed by atoms with Gasteiger partial charge in [-0.3, -0.25) is 0 Å². The summed E-state index contributed by atoms with van der Waals surface area (Å²) in [6, 6.07) is 17.2. The van der Waals surface area contributed by atoms with E-state index in [1.54, 1.807) is 0 Å². The Morgan fingerprint density at radius 3 is 2.29 bits per heavy atom. The quantitative estimate of drug-likeness (QED) is 0.539. The molecule has 0 aliphatic carbocycles. The van der Waals surface area contributed by atoms with Gasteiger partial charge in [-0.1, -0.05) is 42.5 Å². The van der Waals surface area contributed by atoms with Crippen molar-refractivity contribution in [2.45, 2.75) is 6.54 Å². The van der Waals surface area contributed by atoms with Gasteiger partial charge in [0.1, 0.15) is 0 Å².